The van der Waals surface area contributed by atoms with Crippen molar-refractivity contribution in [1.82, 2.24) is 4.98 Å². The third kappa shape index (κ3) is 1.87. The number of pyridine rings is 1. The van der Waals surface area contributed by atoms with Gasteiger partial charge in [-0.15, -0.1) is 0 Å². The summed E-state index contributed by atoms with van der Waals surface area (Å²) in [6.45, 7) is 0. The highest BCUT2D eigenvalue weighted by Gasteiger charge is 2.09. The molecule has 5 heteroatoms. The highest BCUT2D eigenvalue weighted by atomic mass is 79.9. The molecule has 3 rings (SSSR count). The van der Waals surface area contributed by atoms with Crippen LogP contribution in [0.15, 0.2) is 35.1 Å². The molecule has 0 aliphatic carbocycles. The second kappa shape index (κ2) is 4.20. The normalized spacial score (nSPS) is 10.7. The number of aromatic amines is 1. The average molecular weight is 314 g/mol. The number of hydrogen-bond acceptors (Lipinski definition) is 1. The van der Waals surface area contributed by atoms with Gasteiger partial charge in [0, 0.05) is 22.4 Å². The van der Waals surface area contributed by atoms with Crippen LogP contribution in [-0.4, -0.2) is 10.1 Å². The number of nitrogens with one attached hydrogen (secondary N) is 1. The lowest BCUT2D eigenvalue weighted by molar-refractivity contribution is -0.670. The van der Waals surface area contributed by atoms with Crippen molar-refractivity contribution < 1.29 is 22.1 Å². The van der Waals surface area contributed by atoms with E-state index in [1.807, 2.05) is 36.1 Å². The van der Waals surface area contributed by atoms with Gasteiger partial charge in [-0.05, 0) is 28.1 Å². The predicted octanol–water partition coefficient (Wildman–Crippen LogP) is -0.382. The minimum absolute atomic E-state index is 0. The van der Waals surface area contributed by atoms with Crippen molar-refractivity contribution in [3.8, 4) is 5.75 Å². The van der Waals surface area contributed by atoms with E-state index in [0.717, 1.165) is 21.8 Å². The van der Waals surface area contributed by atoms with Crippen molar-refractivity contribution in [2.75, 3.05) is 0 Å². The average Bonchev–Trinajstić information content (AvgIpc) is 2.55. The number of aromatic nitrogens is 2. The summed E-state index contributed by atoms with van der Waals surface area (Å²) in [5.41, 5.74) is 2.09. The van der Waals surface area contributed by atoms with Crippen LogP contribution < -0.4 is 17.0 Å². The Morgan fingerprint density at radius 2 is 2.00 bits per heavy atom. The monoisotopic (exact) mass is 312 g/mol. The van der Waals surface area contributed by atoms with Gasteiger partial charge in [-0.25, -0.2) is 4.57 Å². The van der Waals surface area contributed by atoms with Crippen LogP contribution >= 0.6 is 15.9 Å². The van der Waals surface area contributed by atoms with Gasteiger partial charge in [0.1, 0.15) is 18.3 Å². The Morgan fingerprint density at radius 1 is 1.24 bits per heavy atom. The quantitative estimate of drug-likeness (QED) is 0.546. The number of hydrogen-bond donors (Lipinski definition) is 2. The van der Waals surface area contributed by atoms with Crippen molar-refractivity contribution >= 4 is 37.7 Å². The van der Waals surface area contributed by atoms with E-state index in [4.69, 9.17) is 0 Å². The maximum Gasteiger partial charge on any atom is 0.192 e. The SMILES string of the molecule is C[n+]1ccc2c(c1)[nH]c1cc(Br)c(O)cc12.[Cl-]. The fourth-order valence-electron chi connectivity index (χ4n) is 1.97. The molecule has 0 fully saturated rings. The summed E-state index contributed by atoms with van der Waals surface area (Å²) in [7, 11) is 1.98. The number of aryl methyl sites for hydroxylation is 1. The standard InChI is InChI=1S/C12H9BrN2O.ClH/c1-15-3-2-7-8-4-12(16)9(13)5-10(8)14-11(7)6-15;/h2-6,16H,1H3;1H. The van der Waals surface area contributed by atoms with Gasteiger partial charge in [0.2, 0.25) is 0 Å². The molecule has 0 atom stereocenters. The largest absolute Gasteiger partial charge is 1.00 e. The summed E-state index contributed by atoms with van der Waals surface area (Å²) in [6.07, 6.45) is 4.02. The van der Waals surface area contributed by atoms with Crippen LogP contribution in [0.3, 0.4) is 0 Å². The van der Waals surface area contributed by atoms with E-state index in [2.05, 4.69) is 20.9 Å². The lowest BCUT2D eigenvalue weighted by Gasteiger charge is -1.96. The molecule has 3 aromatic rings. The second-order valence-corrected chi connectivity index (χ2v) is 4.77. The van der Waals surface area contributed by atoms with E-state index in [1.54, 1.807) is 6.07 Å². The molecule has 0 spiro atoms. The maximum absolute atomic E-state index is 9.68. The molecule has 17 heavy (non-hydrogen) atoms. The Bertz CT molecular complexity index is 708. The number of aromatic hydroxyl groups is 1. The molecule has 0 bridgehead atoms. The summed E-state index contributed by atoms with van der Waals surface area (Å²) in [6, 6.07) is 5.71. The Morgan fingerprint density at radius 3 is 2.76 bits per heavy atom. The maximum atomic E-state index is 9.68. The Kier molecular flexibility index (Phi) is 3.02. The number of phenolic OH excluding ortho intramolecular Hbond substituents is 1. The summed E-state index contributed by atoms with van der Waals surface area (Å²) in [5, 5.41) is 11.8. The number of fused-ring (bicyclic) bond motifs is 3. The van der Waals surface area contributed by atoms with E-state index in [-0.39, 0.29) is 18.2 Å². The molecule has 0 aliphatic rings. The second-order valence-electron chi connectivity index (χ2n) is 3.91. The van der Waals surface area contributed by atoms with E-state index in [0.29, 0.717) is 4.47 Å². The molecule has 1 aromatic carbocycles. The fourth-order valence-corrected chi connectivity index (χ4v) is 2.31. The Hall–Kier alpha value is -1.26. The van der Waals surface area contributed by atoms with Gasteiger partial charge in [0.25, 0.3) is 0 Å². The first-order chi connectivity index (χ1) is 7.65. The number of halogens is 2. The van der Waals surface area contributed by atoms with Crippen LogP contribution in [0.4, 0.5) is 0 Å². The predicted molar refractivity (Wildman–Crippen MR) is 66.3 cm³/mol. The van der Waals surface area contributed by atoms with E-state index >= 15 is 0 Å². The number of phenols is 1. The van der Waals surface area contributed by atoms with E-state index in [9.17, 15) is 5.11 Å². The molecular weight excluding hydrogens is 304 g/mol. The number of rotatable bonds is 0. The van der Waals surface area contributed by atoms with Gasteiger partial charge in [0.15, 0.2) is 12.4 Å². The van der Waals surface area contributed by atoms with E-state index in [1.165, 1.54) is 0 Å². The minimum atomic E-state index is 0. The zero-order chi connectivity index (χ0) is 11.3. The number of nitrogens with zero attached hydrogens (tertiary/aromatic N) is 1. The van der Waals surface area contributed by atoms with Crippen molar-refractivity contribution in [3.05, 3.63) is 35.1 Å². The van der Waals surface area contributed by atoms with Gasteiger partial charge >= 0.3 is 0 Å². The highest BCUT2D eigenvalue weighted by Crippen LogP contribution is 2.32. The van der Waals surface area contributed by atoms with Crippen LogP contribution in [0, 0.1) is 0 Å². The van der Waals surface area contributed by atoms with Crippen molar-refractivity contribution in [2.45, 2.75) is 0 Å². The van der Waals surface area contributed by atoms with Gasteiger partial charge in [-0.3, -0.25) is 0 Å². The molecule has 2 heterocycles. The van der Waals surface area contributed by atoms with Crippen LogP contribution in [0.5, 0.6) is 5.75 Å². The lowest BCUT2D eigenvalue weighted by atomic mass is 10.2. The first-order valence-corrected chi connectivity index (χ1v) is 5.73. The molecule has 0 saturated heterocycles. The first-order valence-electron chi connectivity index (χ1n) is 4.94. The summed E-state index contributed by atoms with van der Waals surface area (Å²) in [5.74, 6) is 0.265. The molecule has 0 unspecified atom stereocenters. The number of H-pyrrole nitrogens is 1. The number of benzene rings is 1. The molecule has 0 aliphatic heterocycles. The van der Waals surface area contributed by atoms with Crippen molar-refractivity contribution in [1.29, 1.82) is 0 Å². The van der Waals surface area contributed by atoms with Gasteiger partial charge in [-0.2, -0.15) is 0 Å². The Balaban J connectivity index is 0.00000108. The van der Waals surface area contributed by atoms with Gasteiger partial charge in [-0.1, -0.05) is 0 Å². The van der Waals surface area contributed by atoms with Crippen molar-refractivity contribution in [3.63, 3.8) is 0 Å². The van der Waals surface area contributed by atoms with Crippen LogP contribution in [0.25, 0.3) is 21.8 Å². The zero-order valence-corrected chi connectivity index (χ0v) is 11.4. The van der Waals surface area contributed by atoms with Gasteiger partial charge < -0.3 is 22.5 Å². The topological polar surface area (TPSA) is 39.9 Å². The molecule has 0 saturated carbocycles. The Labute approximate surface area is 113 Å². The molecule has 3 nitrogen and oxygen atoms in total. The smallest absolute Gasteiger partial charge is 0.192 e. The lowest BCUT2D eigenvalue weighted by Crippen LogP contribution is -3.00. The van der Waals surface area contributed by atoms with Gasteiger partial charge in [0.05, 0.1) is 4.47 Å². The van der Waals surface area contributed by atoms with Crippen LogP contribution in [-0.2, 0) is 7.05 Å². The molecule has 2 aromatic heterocycles. The molecular formula is C12H10BrClN2O. The van der Waals surface area contributed by atoms with Crippen molar-refractivity contribution in [2.24, 2.45) is 7.05 Å². The third-order valence-electron chi connectivity index (χ3n) is 2.75. The van der Waals surface area contributed by atoms with Crippen LogP contribution in [0.1, 0.15) is 0 Å². The molecule has 0 radical (unpaired) electrons. The van der Waals surface area contributed by atoms with Crippen LogP contribution in [0.2, 0.25) is 0 Å². The first kappa shape index (κ1) is 12.2. The summed E-state index contributed by atoms with van der Waals surface area (Å²) >= 11 is 3.31. The molecule has 2 N–H and O–H groups in total. The highest BCUT2D eigenvalue weighted by molar-refractivity contribution is 9.10. The zero-order valence-electron chi connectivity index (χ0n) is 9.04. The molecule has 88 valence electrons. The minimum Gasteiger partial charge on any atom is -1.00 e. The van der Waals surface area contributed by atoms with E-state index < -0.39 is 0 Å². The third-order valence-corrected chi connectivity index (χ3v) is 3.38. The fraction of sp³-hybridized carbons (Fsp3) is 0.0833. The summed E-state index contributed by atoms with van der Waals surface area (Å²) in [4.78, 5) is 3.32. The molecule has 0 amide bonds. The summed E-state index contributed by atoms with van der Waals surface area (Å²) < 4.78 is 2.70.